The van der Waals surface area contributed by atoms with Crippen molar-refractivity contribution in [3.8, 4) is 5.75 Å². The predicted octanol–water partition coefficient (Wildman–Crippen LogP) is 3.60. The highest BCUT2D eigenvalue weighted by atomic mass is 32.2. The summed E-state index contributed by atoms with van der Waals surface area (Å²) in [5, 5.41) is 2.82. The molecule has 0 saturated carbocycles. The Hall–Kier alpha value is -2.19. The zero-order chi connectivity index (χ0) is 22.0. The van der Waals surface area contributed by atoms with Crippen LogP contribution in [-0.4, -0.2) is 46.0 Å². The predicted molar refractivity (Wildman–Crippen MR) is 125 cm³/mol. The Kier molecular flexibility index (Phi) is 9.52. The van der Waals surface area contributed by atoms with E-state index in [0.717, 1.165) is 28.5 Å². The van der Waals surface area contributed by atoms with Gasteiger partial charge in [0.05, 0.1) is 18.6 Å². The van der Waals surface area contributed by atoms with E-state index in [1.165, 1.54) is 11.1 Å². The Morgan fingerprint density at radius 3 is 2.63 bits per heavy atom. The zero-order valence-electron chi connectivity index (χ0n) is 17.8. The summed E-state index contributed by atoms with van der Waals surface area (Å²) in [7, 11) is -3.61. The lowest BCUT2D eigenvalue weighted by Gasteiger charge is -2.22. The molecular formula is C22H30N2O4S2. The van der Waals surface area contributed by atoms with Gasteiger partial charge in [0.15, 0.2) is 0 Å². The van der Waals surface area contributed by atoms with E-state index >= 15 is 0 Å². The van der Waals surface area contributed by atoms with Crippen LogP contribution in [0.1, 0.15) is 24.5 Å². The SMILES string of the molecule is CCOc1cccc(N(CC(=O)NCCCSCc2ccccc2C)S(C)(=O)=O)c1. The van der Waals surface area contributed by atoms with Crippen molar-refractivity contribution in [3.05, 3.63) is 59.7 Å². The molecule has 0 aromatic heterocycles. The maximum absolute atomic E-state index is 12.3. The third-order valence-electron chi connectivity index (χ3n) is 4.41. The lowest BCUT2D eigenvalue weighted by Crippen LogP contribution is -2.40. The van der Waals surface area contributed by atoms with Crippen molar-refractivity contribution in [2.45, 2.75) is 26.0 Å². The second-order valence-corrected chi connectivity index (χ2v) is 9.89. The van der Waals surface area contributed by atoms with Crippen LogP contribution in [0.4, 0.5) is 5.69 Å². The molecule has 0 aliphatic carbocycles. The molecule has 164 valence electrons. The van der Waals surface area contributed by atoms with Crippen LogP contribution in [0.25, 0.3) is 0 Å². The largest absolute Gasteiger partial charge is 0.494 e. The number of amides is 1. The van der Waals surface area contributed by atoms with Crippen LogP contribution in [0.3, 0.4) is 0 Å². The Morgan fingerprint density at radius 2 is 1.93 bits per heavy atom. The number of ether oxygens (including phenoxy) is 1. The third-order valence-corrected chi connectivity index (χ3v) is 6.64. The lowest BCUT2D eigenvalue weighted by molar-refractivity contribution is -0.119. The van der Waals surface area contributed by atoms with Gasteiger partial charge >= 0.3 is 0 Å². The fourth-order valence-corrected chi connectivity index (χ4v) is 4.72. The van der Waals surface area contributed by atoms with Crippen LogP contribution < -0.4 is 14.4 Å². The maximum Gasteiger partial charge on any atom is 0.240 e. The molecule has 0 saturated heterocycles. The normalized spacial score (nSPS) is 11.2. The number of rotatable bonds is 12. The van der Waals surface area contributed by atoms with Crippen molar-refractivity contribution < 1.29 is 17.9 Å². The summed E-state index contributed by atoms with van der Waals surface area (Å²) >= 11 is 1.82. The van der Waals surface area contributed by atoms with E-state index in [0.29, 0.717) is 24.6 Å². The van der Waals surface area contributed by atoms with E-state index in [9.17, 15) is 13.2 Å². The molecule has 0 atom stereocenters. The Bertz CT molecular complexity index is 932. The van der Waals surface area contributed by atoms with Gasteiger partial charge in [-0.2, -0.15) is 11.8 Å². The van der Waals surface area contributed by atoms with Crippen molar-refractivity contribution >= 4 is 33.4 Å². The lowest BCUT2D eigenvalue weighted by atomic mass is 10.1. The van der Waals surface area contributed by atoms with Gasteiger partial charge in [-0.15, -0.1) is 0 Å². The number of carbonyl (C=O) groups excluding carboxylic acids is 1. The highest BCUT2D eigenvalue weighted by molar-refractivity contribution is 7.98. The van der Waals surface area contributed by atoms with Gasteiger partial charge in [0, 0.05) is 18.4 Å². The highest BCUT2D eigenvalue weighted by Gasteiger charge is 2.21. The van der Waals surface area contributed by atoms with E-state index in [2.05, 4.69) is 24.4 Å². The van der Waals surface area contributed by atoms with Gasteiger partial charge < -0.3 is 10.1 Å². The Labute approximate surface area is 184 Å². The highest BCUT2D eigenvalue weighted by Crippen LogP contribution is 2.23. The molecule has 0 radical (unpaired) electrons. The van der Waals surface area contributed by atoms with Crippen molar-refractivity contribution in [2.75, 3.05) is 36.0 Å². The molecule has 0 aliphatic heterocycles. The number of hydrogen-bond acceptors (Lipinski definition) is 5. The first-order chi connectivity index (χ1) is 14.3. The van der Waals surface area contributed by atoms with E-state index in [1.807, 2.05) is 30.8 Å². The molecule has 0 heterocycles. The average Bonchev–Trinajstić information content (AvgIpc) is 2.69. The molecule has 2 aromatic carbocycles. The maximum atomic E-state index is 12.3. The van der Waals surface area contributed by atoms with Crippen LogP contribution in [0.15, 0.2) is 48.5 Å². The molecule has 6 nitrogen and oxygen atoms in total. The number of carbonyl (C=O) groups is 1. The zero-order valence-corrected chi connectivity index (χ0v) is 19.4. The molecule has 2 rings (SSSR count). The number of thioether (sulfide) groups is 1. The first-order valence-corrected chi connectivity index (χ1v) is 12.9. The van der Waals surface area contributed by atoms with E-state index in [4.69, 9.17) is 4.74 Å². The van der Waals surface area contributed by atoms with Crippen LogP contribution in [0.5, 0.6) is 5.75 Å². The molecule has 2 aromatic rings. The number of hydrogen-bond donors (Lipinski definition) is 1. The fraction of sp³-hybridized carbons (Fsp3) is 0.409. The summed E-state index contributed by atoms with van der Waals surface area (Å²) in [5.41, 5.74) is 3.02. The molecule has 1 amide bonds. The molecule has 1 N–H and O–H groups in total. The Morgan fingerprint density at radius 1 is 1.17 bits per heavy atom. The summed E-state index contributed by atoms with van der Waals surface area (Å²) in [6.07, 6.45) is 1.91. The van der Waals surface area contributed by atoms with Crippen LogP contribution >= 0.6 is 11.8 Å². The quantitative estimate of drug-likeness (QED) is 0.500. The van der Waals surface area contributed by atoms with Crippen molar-refractivity contribution in [1.82, 2.24) is 5.32 Å². The molecule has 0 unspecified atom stereocenters. The monoisotopic (exact) mass is 450 g/mol. The van der Waals surface area contributed by atoms with Gasteiger partial charge in [0.1, 0.15) is 12.3 Å². The summed E-state index contributed by atoms with van der Waals surface area (Å²) in [6.45, 7) is 4.69. The molecule has 0 bridgehead atoms. The number of benzene rings is 2. The van der Waals surface area contributed by atoms with E-state index < -0.39 is 10.0 Å². The minimum absolute atomic E-state index is 0.259. The first kappa shape index (κ1) is 24.1. The summed E-state index contributed by atoms with van der Waals surface area (Å²) in [6, 6.07) is 15.0. The molecule has 8 heteroatoms. The first-order valence-electron chi connectivity index (χ1n) is 9.90. The van der Waals surface area contributed by atoms with Gasteiger partial charge in [0.2, 0.25) is 15.9 Å². The topological polar surface area (TPSA) is 75.7 Å². The van der Waals surface area contributed by atoms with Crippen LogP contribution in [0, 0.1) is 6.92 Å². The number of nitrogens with zero attached hydrogens (tertiary/aromatic N) is 1. The number of sulfonamides is 1. The van der Waals surface area contributed by atoms with E-state index in [-0.39, 0.29) is 12.5 Å². The minimum atomic E-state index is -3.61. The third kappa shape index (κ3) is 7.91. The van der Waals surface area contributed by atoms with Crippen LogP contribution in [0.2, 0.25) is 0 Å². The number of aryl methyl sites for hydroxylation is 1. The van der Waals surface area contributed by atoms with Gasteiger partial charge in [-0.05, 0) is 49.3 Å². The number of anilines is 1. The summed E-state index contributed by atoms with van der Waals surface area (Å²) in [4.78, 5) is 12.3. The van der Waals surface area contributed by atoms with Crippen molar-refractivity contribution in [2.24, 2.45) is 0 Å². The fourth-order valence-electron chi connectivity index (χ4n) is 2.84. The summed E-state index contributed by atoms with van der Waals surface area (Å²) in [5.74, 6) is 2.10. The molecule has 0 fully saturated rings. The standard InChI is InChI=1S/C22H30N2O4S2/c1-4-28-21-12-7-11-20(15-21)24(30(3,26)27)16-22(25)23-13-8-14-29-17-19-10-6-5-9-18(19)2/h5-7,9-12,15H,4,8,13-14,16-17H2,1-3H3,(H,23,25). The number of nitrogens with one attached hydrogen (secondary N) is 1. The molecule has 30 heavy (non-hydrogen) atoms. The van der Waals surface area contributed by atoms with Crippen LogP contribution in [-0.2, 0) is 20.6 Å². The Balaban J connectivity index is 1.81. The smallest absolute Gasteiger partial charge is 0.240 e. The van der Waals surface area contributed by atoms with Crippen molar-refractivity contribution in [3.63, 3.8) is 0 Å². The average molecular weight is 451 g/mol. The second kappa shape index (κ2) is 11.9. The van der Waals surface area contributed by atoms with E-state index in [1.54, 1.807) is 24.3 Å². The van der Waals surface area contributed by atoms with Crippen molar-refractivity contribution in [1.29, 1.82) is 0 Å². The molecular weight excluding hydrogens is 420 g/mol. The van der Waals surface area contributed by atoms with Gasteiger partial charge in [0.25, 0.3) is 0 Å². The minimum Gasteiger partial charge on any atom is -0.494 e. The van der Waals surface area contributed by atoms with Gasteiger partial charge in [-0.1, -0.05) is 30.3 Å². The molecule has 0 spiro atoms. The molecule has 0 aliphatic rings. The van der Waals surface area contributed by atoms with Gasteiger partial charge in [-0.3, -0.25) is 9.10 Å². The van der Waals surface area contributed by atoms with Gasteiger partial charge in [-0.25, -0.2) is 8.42 Å². The summed E-state index contributed by atoms with van der Waals surface area (Å²) < 4.78 is 31.0. The second-order valence-electron chi connectivity index (χ2n) is 6.88.